The zero-order valence-corrected chi connectivity index (χ0v) is 36.3. The normalized spacial score (nSPS) is 13.1. The zero-order valence-electron chi connectivity index (χ0n) is 34.3. The highest BCUT2D eigenvalue weighted by Crippen LogP contribution is 2.38. The summed E-state index contributed by atoms with van der Waals surface area (Å²) < 4.78 is 27.2. The molecule has 8 heteroatoms. The van der Waals surface area contributed by atoms with E-state index in [2.05, 4.69) is 163 Å². The maximum absolute atomic E-state index is 10.9. The highest BCUT2D eigenvalue weighted by atomic mass is 28.4. The summed E-state index contributed by atoms with van der Waals surface area (Å²) in [6, 6.07) is 43.1. The van der Waals surface area contributed by atoms with Crippen molar-refractivity contribution >= 4 is 43.4 Å². The third-order valence-corrected chi connectivity index (χ3v) is 20.6. The van der Waals surface area contributed by atoms with Crippen LogP contribution in [0.3, 0.4) is 0 Å². The van der Waals surface area contributed by atoms with Crippen molar-refractivity contribution < 1.29 is 28.2 Å². The number of unbranched alkanes of at least 4 members (excludes halogenated alkanes) is 5. The van der Waals surface area contributed by atoms with Gasteiger partial charge in [0.05, 0.1) is 19.3 Å². The molecule has 0 spiro atoms. The minimum Gasteiger partial charge on any atom is -0.481 e. The molecule has 0 aliphatic carbocycles. The molecule has 0 radical (unpaired) electrons. The van der Waals surface area contributed by atoms with E-state index in [-0.39, 0.29) is 22.6 Å². The molecule has 0 fully saturated rings. The van der Waals surface area contributed by atoms with E-state index in [9.17, 15) is 4.79 Å². The summed E-state index contributed by atoms with van der Waals surface area (Å²) in [5.41, 5.74) is 0. The van der Waals surface area contributed by atoms with Crippen LogP contribution in [0.1, 0.15) is 92.9 Å². The molecule has 0 aliphatic rings. The number of aliphatic carboxylic acids is 1. The van der Waals surface area contributed by atoms with E-state index in [4.69, 9.17) is 23.4 Å². The summed E-state index contributed by atoms with van der Waals surface area (Å²) in [6.07, 6.45) is 6.36. The first-order valence-electron chi connectivity index (χ1n) is 20.3. The zero-order chi connectivity index (χ0) is 39.6. The lowest BCUT2D eigenvalue weighted by atomic mass is 10.2. The molecule has 4 aromatic rings. The van der Waals surface area contributed by atoms with Gasteiger partial charge in [0.25, 0.3) is 16.6 Å². The van der Waals surface area contributed by atoms with Gasteiger partial charge in [0, 0.05) is 26.2 Å². The number of carboxylic acids is 1. The molecule has 4 aromatic carbocycles. The molecule has 0 aromatic heterocycles. The Balaban J connectivity index is 1.37. The number of benzene rings is 4. The van der Waals surface area contributed by atoms with Gasteiger partial charge in [-0.1, -0.05) is 182 Å². The van der Waals surface area contributed by atoms with Crippen LogP contribution in [0.4, 0.5) is 0 Å². The number of ether oxygens (including phenoxy) is 2. The largest absolute Gasteiger partial charge is 0.481 e. The Morgan fingerprint density at radius 3 is 1.22 bits per heavy atom. The summed E-state index contributed by atoms with van der Waals surface area (Å²) in [5.74, 6) is -0.750. The lowest BCUT2D eigenvalue weighted by molar-refractivity contribution is -0.137. The van der Waals surface area contributed by atoms with E-state index in [1.54, 1.807) is 0 Å². The predicted octanol–water partition coefficient (Wildman–Crippen LogP) is 8.75. The third-order valence-electron chi connectivity index (χ3n) is 10.5. The molecule has 0 bridgehead atoms. The first kappa shape index (κ1) is 44.3. The Bertz CT molecular complexity index is 1560. The van der Waals surface area contributed by atoms with Crippen LogP contribution in [0.2, 0.25) is 10.1 Å². The van der Waals surface area contributed by atoms with Gasteiger partial charge >= 0.3 is 5.97 Å². The average molecular weight is 783 g/mol. The second-order valence-electron chi connectivity index (χ2n) is 16.7. The van der Waals surface area contributed by atoms with Crippen molar-refractivity contribution in [1.82, 2.24) is 0 Å². The topological polar surface area (TPSA) is 74.2 Å². The molecular weight excluding hydrogens is 717 g/mol. The molecule has 0 aliphatic heterocycles. The Morgan fingerprint density at radius 1 is 0.509 bits per heavy atom. The number of hydrogen-bond acceptors (Lipinski definition) is 5. The molecule has 4 rings (SSSR count). The first-order valence-corrected chi connectivity index (χ1v) is 24.1. The van der Waals surface area contributed by atoms with Crippen LogP contribution < -0.4 is 20.7 Å². The number of rotatable bonds is 24. The third kappa shape index (κ3) is 12.3. The fourth-order valence-corrected chi connectivity index (χ4v) is 17.0. The van der Waals surface area contributed by atoms with Crippen molar-refractivity contribution in [2.24, 2.45) is 0 Å². The monoisotopic (exact) mass is 782 g/mol. The fraction of sp³-hybridized carbons (Fsp3) is 0.468. The van der Waals surface area contributed by atoms with E-state index in [1.807, 2.05) is 0 Å². The molecule has 1 atom stereocenters. The first-order chi connectivity index (χ1) is 26.4. The standard InChI is InChI=1S/C47H66O6Si2/c1-46(2,3)54(41-26-14-9-15-27-41,42-28-16-10-17-29-42)52-37-25-8-7-23-35-50-38-40(39-51-36-24-13-22-34-45(48)49)53-55(47(4,5)6,43-30-18-11-19-31-43)44-32-20-12-21-33-44/h9-12,14-21,26-33,40H,7-8,13,22-25,34-39H2,1-6H3,(H,48,49). The van der Waals surface area contributed by atoms with Crippen molar-refractivity contribution in [1.29, 1.82) is 0 Å². The van der Waals surface area contributed by atoms with Crippen LogP contribution in [-0.2, 0) is 23.1 Å². The van der Waals surface area contributed by atoms with Crippen LogP contribution in [-0.4, -0.2) is 66.8 Å². The second kappa shape index (κ2) is 21.8. The molecule has 55 heavy (non-hydrogen) atoms. The van der Waals surface area contributed by atoms with Crippen LogP contribution >= 0.6 is 0 Å². The van der Waals surface area contributed by atoms with Gasteiger partial charge in [-0.2, -0.15) is 0 Å². The smallest absolute Gasteiger partial charge is 0.303 e. The Labute approximate surface area is 333 Å². The quantitative estimate of drug-likeness (QED) is 0.0567. The second-order valence-corrected chi connectivity index (χ2v) is 25.2. The molecule has 1 unspecified atom stereocenters. The maximum atomic E-state index is 10.9. The summed E-state index contributed by atoms with van der Waals surface area (Å²) in [7, 11) is -5.33. The van der Waals surface area contributed by atoms with E-state index >= 15 is 0 Å². The van der Waals surface area contributed by atoms with Crippen molar-refractivity contribution in [3.05, 3.63) is 121 Å². The predicted molar refractivity (Wildman–Crippen MR) is 232 cm³/mol. The van der Waals surface area contributed by atoms with Crippen LogP contribution in [0.15, 0.2) is 121 Å². The maximum Gasteiger partial charge on any atom is 0.303 e. The van der Waals surface area contributed by atoms with Crippen molar-refractivity contribution in [2.45, 2.75) is 109 Å². The molecule has 0 saturated carbocycles. The van der Waals surface area contributed by atoms with Gasteiger partial charge in [-0.3, -0.25) is 4.79 Å². The van der Waals surface area contributed by atoms with E-state index < -0.39 is 22.6 Å². The van der Waals surface area contributed by atoms with Gasteiger partial charge in [0.15, 0.2) is 0 Å². The minimum absolute atomic E-state index is 0.0271. The van der Waals surface area contributed by atoms with Gasteiger partial charge in [0.2, 0.25) is 0 Å². The summed E-state index contributed by atoms with van der Waals surface area (Å²) in [6.45, 7) is 16.7. The lowest BCUT2D eigenvalue weighted by Crippen LogP contribution is -2.68. The van der Waals surface area contributed by atoms with Gasteiger partial charge in [0.1, 0.15) is 0 Å². The highest BCUT2D eigenvalue weighted by Gasteiger charge is 2.52. The molecule has 0 saturated heterocycles. The SMILES string of the molecule is CC(C)(C)[Si](OCCCCCCOCC(COCCCCCC(=O)O)O[Si](c1ccccc1)(c1ccccc1)C(C)(C)C)(c1ccccc1)c1ccccc1. The molecular formula is C47H66O6Si2. The Hall–Kier alpha value is -3.38. The van der Waals surface area contributed by atoms with Crippen LogP contribution in [0.5, 0.6) is 0 Å². The number of carboxylic acid groups (broad SMARTS) is 1. The minimum atomic E-state index is -2.81. The molecule has 0 heterocycles. The van der Waals surface area contributed by atoms with Gasteiger partial charge in [-0.25, -0.2) is 0 Å². The number of carbonyl (C=O) groups is 1. The summed E-state index contributed by atoms with van der Waals surface area (Å²) >= 11 is 0. The van der Waals surface area contributed by atoms with Gasteiger partial charge in [-0.05, 0) is 56.5 Å². The molecule has 0 amide bonds. The van der Waals surface area contributed by atoms with E-state index in [0.29, 0.717) is 32.8 Å². The highest BCUT2D eigenvalue weighted by molar-refractivity contribution is 7.00. The van der Waals surface area contributed by atoms with E-state index in [1.165, 1.54) is 20.7 Å². The number of hydrogen-bond donors (Lipinski definition) is 1. The Morgan fingerprint density at radius 2 is 0.855 bits per heavy atom. The fourth-order valence-electron chi connectivity index (χ4n) is 7.79. The molecule has 298 valence electrons. The lowest BCUT2D eigenvalue weighted by Gasteiger charge is -2.45. The van der Waals surface area contributed by atoms with Gasteiger partial charge in [-0.15, -0.1) is 0 Å². The van der Waals surface area contributed by atoms with Crippen LogP contribution in [0, 0.1) is 0 Å². The van der Waals surface area contributed by atoms with Crippen molar-refractivity contribution in [2.75, 3.05) is 33.0 Å². The van der Waals surface area contributed by atoms with Crippen molar-refractivity contribution in [3.63, 3.8) is 0 Å². The molecule has 6 nitrogen and oxygen atoms in total. The van der Waals surface area contributed by atoms with Crippen molar-refractivity contribution in [3.8, 4) is 0 Å². The Kier molecular flexibility index (Phi) is 17.6. The summed E-state index contributed by atoms with van der Waals surface area (Å²) in [4.78, 5) is 10.9. The molecule has 1 N–H and O–H groups in total. The van der Waals surface area contributed by atoms with E-state index in [0.717, 1.165) is 45.1 Å². The van der Waals surface area contributed by atoms with Gasteiger partial charge < -0.3 is 23.4 Å². The van der Waals surface area contributed by atoms with Crippen LogP contribution in [0.25, 0.3) is 0 Å². The average Bonchev–Trinajstić information content (AvgIpc) is 3.17. The summed E-state index contributed by atoms with van der Waals surface area (Å²) in [5, 5.41) is 13.9.